The number of anilines is 2. The highest BCUT2D eigenvalue weighted by molar-refractivity contribution is 6.12. The standard InChI is InChI=1S/C21H15F3N2O/c22-21(23,24)15-9-6-10-16(13-15)26-19(14-7-2-1-3-8-14)25-18-12-5-4-11-17(18)20(26)27/h1-13,19,25H. The van der Waals surface area contributed by atoms with Crippen molar-refractivity contribution in [2.75, 3.05) is 10.2 Å². The van der Waals surface area contributed by atoms with Crippen LogP contribution in [-0.2, 0) is 6.18 Å². The lowest BCUT2D eigenvalue weighted by Crippen LogP contribution is -2.43. The summed E-state index contributed by atoms with van der Waals surface area (Å²) in [6, 6.07) is 21.0. The Morgan fingerprint density at radius 1 is 0.852 bits per heavy atom. The molecule has 1 aliphatic heterocycles. The van der Waals surface area contributed by atoms with E-state index in [9.17, 15) is 18.0 Å². The first-order chi connectivity index (χ1) is 12.9. The van der Waals surface area contributed by atoms with E-state index in [0.717, 1.165) is 17.7 Å². The van der Waals surface area contributed by atoms with E-state index in [-0.39, 0.29) is 11.6 Å². The van der Waals surface area contributed by atoms with E-state index in [1.165, 1.54) is 17.0 Å². The normalized spacial score (nSPS) is 16.6. The fraction of sp³-hybridized carbons (Fsp3) is 0.0952. The molecule has 1 unspecified atom stereocenters. The Bertz CT molecular complexity index is 986. The Labute approximate surface area is 154 Å². The molecular formula is C21H15F3N2O. The van der Waals surface area contributed by atoms with E-state index in [1.807, 2.05) is 30.3 Å². The smallest absolute Gasteiger partial charge is 0.360 e. The number of carbonyl (C=O) groups excluding carboxylic acids is 1. The first-order valence-electron chi connectivity index (χ1n) is 8.36. The summed E-state index contributed by atoms with van der Waals surface area (Å²) in [7, 11) is 0. The summed E-state index contributed by atoms with van der Waals surface area (Å²) in [5.74, 6) is -0.350. The third kappa shape index (κ3) is 3.14. The van der Waals surface area contributed by atoms with Crippen LogP contribution in [0.3, 0.4) is 0 Å². The van der Waals surface area contributed by atoms with E-state index < -0.39 is 17.9 Å². The largest absolute Gasteiger partial charge is 0.416 e. The zero-order valence-corrected chi connectivity index (χ0v) is 14.1. The Balaban J connectivity index is 1.86. The van der Waals surface area contributed by atoms with E-state index in [4.69, 9.17) is 0 Å². The van der Waals surface area contributed by atoms with Gasteiger partial charge in [-0.05, 0) is 35.9 Å². The van der Waals surface area contributed by atoms with Gasteiger partial charge in [0.1, 0.15) is 6.17 Å². The number of rotatable bonds is 2. The van der Waals surface area contributed by atoms with E-state index >= 15 is 0 Å². The molecule has 0 radical (unpaired) electrons. The van der Waals surface area contributed by atoms with E-state index in [0.29, 0.717) is 11.3 Å². The highest BCUT2D eigenvalue weighted by Crippen LogP contribution is 2.38. The van der Waals surface area contributed by atoms with Gasteiger partial charge < -0.3 is 5.32 Å². The van der Waals surface area contributed by atoms with Crippen LogP contribution in [0.25, 0.3) is 0 Å². The van der Waals surface area contributed by atoms with Crippen LogP contribution in [0.5, 0.6) is 0 Å². The van der Waals surface area contributed by atoms with Gasteiger partial charge in [-0.25, -0.2) is 0 Å². The first-order valence-corrected chi connectivity index (χ1v) is 8.36. The number of amides is 1. The maximum absolute atomic E-state index is 13.2. The minimum absolute atomic E-state index is 0.186. The third-order valence-electron chi connectivity index (χ3n) is 4.49. The molecule has 0 aliphatic carbocycles. The van der Waals surface area contributed by atoms with E-state index in [2.05, 4.69) is 5.32 Å². The highest BCUT2D eigenvalue weighted by atomic mass is 19.4. The SMILES string of the molecule is O=C1c2ccccc2NC(c2ccccc2)N1c1cccc(C(F)(F)F)c1. The molecule has 1 amide bonds. The number of para-hydroxylation sites is 1. The second kappa shape index (κ2) is 6.46. The molecule has 0 bridgehead atoms. The molecule has 3 aromatic carbocycles. The summed E-state index contributed by atoms with van der Waals surface area (Å²) in [4.78, 5) is 14.5. The number of benzene rings is 3. The minimum atomic E-state index is -4.48. The van der Waals surface area contributed by atoms with Gasteiger partial charge in [0.25, 0.3) is 5.91 Å². The van der Waals surface area contributed by atoms with Crippen molar-refractivity contribution in [2.45, 2.75) is 12.3 Å². The summed E-state index contributed by atoms with van der Waals surface area (Å²) >= 11 is 0. The average molecular weight is 368 g/mol. The first kappa shape index (κ1) is 17.1. The van der Waals surface area contributed by atoms with Crippen molar-refractivity contribution in [1.82, 2.24) is 0 Å². The number of halogens is 3. The quantitative estimate of drug-likeness (QED) is 0.650. The van der Waals surface area contributed by atoms with Gasteiger partial charge in [-0.2, -0.15) is 13.2 Å². The molecule has 6 heteroatoms. The molecule has 4 rings (SSSR count). The van der Waals surface area contributed by atoms with Gasteiger partial charge in [0, 0.05) is 11.4 Å². The van der Waals surface area contributed by atoms with Crippen molar-refractivity contribution < 1.29 is 18.0 Å². The molecule has 0 saturated carbocycles. The topological polar surface area (TPSA) is 32.3 Å². The van der Waals surface area contributed by atoms with Gasteiger partial charge in [0.05, 0.1) is 11.1 Å². The molecule has 27 heavy (non-hydrogen) atoms. The van der Waals surface area contributed by atoms with Crippen LogP contribution in [0, 0.1) is 0 Å². The Morgan fingerprint density at radius 2 is 1.56 bits per heavy atom. The minimum Gasteiger partial charge on any atom is -0.360 e. The van der Waals surface area contributed by atoms with Crippen LogP contribution in [0.2, 0.25) is 0 Å². The van der Waals surface area contributed by atoms with Crippen molar-refractivity contribution >= 4 is 17.3 Å². The number of nitrogens with one attached hydrogen (secondary N) is 1. The maximum Gasteiger partial charge on any atom is 0.416 e. The van der Waals surface area contributed by atoms with Crippen molar-refractivity contribution in [2.24, 2.45) is 0 Å². The van der Waals surface area contributed by atoms with Crippen LogP contribution >= 0.6 is 0 Å². The fourth-order valence-corrected chi connectivity index (χ4v) is 3.22. The van der Waals surface area contributed by atoms with Gasteiger partial charge in [0.15, 0.2) is 0 Å². The second-order valence-corrected chi connectivity index (χ2v) is 6.23. The van der Waals surface area contributed by atoms with Crippen LogP contribution in [0.15, 0.2) is 78.9 Å². The number of carbonyl (C=O) groups is 1. The summed E-state index contributed by atoms with van der Waals surface area (Å²) in [6.45, 7) is 0. The lowest BCUT2D eigenvalue weighted by Gasteiger charge is -2.38. The number of fused-ring (bicyclic) bond motifs is 1. The molecule has 3 nitrogen and oxygen atoms in total. The van der Waals surface area contributed by atoms with E-state index in [1.54, 1.807) is 24.3 Å². The molecule has 3 aromatic rings. The molecule has 0 spiro atoms. The van der Waals surface area contributed by atoms with Crippen LogP contribution in [0.1, 0.15) is 27.7 Å². The van der Waals surface area contributed by atoms with Gasteiger partial charge in [-0.15, -0.1) is 0 Å². The Hall–Kier alpha value is -3.28. The number of hydrogen-bond donors (Lipinski definition) is 1. The zero-order valence-electron chi connectivity index (χ0n) is 14.1. The van der Waals surface area contributed by atoms with Crippen molar-refractivity contribution in [3.8, 4) is 0 Å². The van der Waals surface area contributed by atoms with Crippen molar-refractivity contribution in [3.63, 3.8) is 0 Å². The molecule has 0 aromatic heterocycles. The lowest BCUT2D eigenvalue weighted by molar-refractivity contribution is -0.137. The van der Waals surface area contributed by atoms with Gasteiger partial charge in [-0.1, -0.05) is 48.5 Å². The van der Waals surface area contributed by atoms with Crippen molar-refractivity contribution in [3.05, 3.63) is 95.6 Å². The molecule has 1 aliphatic rings. The predicted octanol–water partition coefficient (Wildman–Crippen LogP) is 5.48. The average Bonchev–Trinajstić information content (AvgIpc) is 2.68. The molecule has 1 atom stereocenters. The predicted molar refractivity (Wildman–Crippen MR) is 97.5 cm³/mol. The summed E-state index contributed by atoms with van der Waals surface area (Å²) in [6.07, 6.45) is -5.10. The summed E-state index contributed by atoms with van der Waals surface area (Å²) in [5, 5.41) is 3.27. The van der Waals surface area contributed by atoms with Crippen LogP contribution < -0.4 is 10.2 Å². The third-order valence-corrected chi connectivity index (χ3v) is 4.49. The van der Waals surface area contributed by atoms with Crippen LogP contribution in [0.4, 0.5) is 24.5 Å². The van der Waals surface area contributed by atoms with Crippen molar-refractivity contribution in [1.29, 1.82) is 0 Å². The van der Waals surface area contributed by atoms with Gasteiger partial charge in [0.2, 0.25) is 0 Å². The summed E-state index contributed by atoms with van der Waals surface area (Å²) in [5.41, 5.74) is 1.24. The zero-order chi connectivity index (χ0) is 19.0. The van der Waals surface area contributed by atoms with Crippen LogP contribution in [-0.4, -0.2) is 5.91 Å². The maximum atomic E-state index is 13.2. The highest BCUT2D eigenvalue weighted by Gasteiger charge is 2.36. The monoisotopic (exact) mass is 368 g/mol. The van der Waals surface area contributed by atoms with Gasteiger partial charge in [-0.3, -0.25) is 9.69 Å². The second-order valence-electron chi connectivity index (χ2n) is 6.23. The fourth-order valence-electron chi connectivity index (χ4n) is 3.22. The Morgan fingerprint density at radius 3 is 2.30 bits per heavy atom. The van der Waals surface area contributed by atoms with Gasteiger partial charge >= 0.3 is 6.18 Å². The lowest BCUT2D eigenvalue weighted by atomic mass is 10.0. The number of nitrogens with zero attached hydrogens (tertiary/aromatic N) is 1. The molecule has 1 N–H and O–H groups in total. The molecule has 0 fully saturated rings. The number of alkyl halides is 3. The molecule has 136 valence electrons. The molecule has 0 saturated heterocycles. The number of hydrogen-bond acceptors (Lipinski definition) is 2. The molecular weight excluding hydrogens is 353 g/mol. The Kier molecular flexibility index (Phi) is 4.11. The summed E-state index contributed by atoms with van der Waals surface area (Å²) < 4.78 is 39.5. The molecule has 1 heterocycles.